The number of fused-ring (bicyclic) bond motifs is 1. The van der Waals surface area contributed by atoms with Gasteiger partial charge in [-0.3, -0.25) is 9.59 Å². The molecule has 26 heavy (non-hydrogen) atoms. The van der Waals surface area contributed by atoms with Gasteiger partial charge in [-0.2, -0.15) is 0 Å². The molecular weight excluding hydrogens is 332 g/mol. The molecular formula is C20H26N2O4. The number of furan rings is 1. The highest BCUT2D eigenvalue weighted by Crippen LogP contribution is 2.28. The number of amides is 2. The Morgan fingerprint density at radius 3 is 2.92 bits per heavy atom. The van der Waals surface area contributed by atoms with Crippen LogP contribution in [0.1, 0.15) is 48.7 Å². The van der Waals surface area contributed by atoms with Crippen LogP contribution >= 0.6 is 0 Å². The smallest absolute Gasteiger partial charge is 0.290 e. The summed E-state index contributed by atoms with van der Waals surface area (Å²) in [5, 5.41) is 3.94. The molecule has 6 nitrogen and oxygen atoms in total. The number of hydrogen-bond donors (Lipinski definition) is 1. The van der Waals surface area contributed by atoms with Crippen molar-refractivity contribution in [2.45, 2.75) is 45.3 Å². The molecule has 1 aromatic carbocycles. The quantitative estimate of drug-likeness (QED) is 0.861. The summed E-state index contributed by atoms with van der Waals surface area (Å²) in [6, 6.07) is 7.60. The van der Waals surface area contributed by atoms with E-state index < -0.39 is 0 Å². The molecule has 2 heterocycles. The maximum atomic E-state index is 13.1. The van der Waals surface area contributed by atoms with Crippen molar-refractivity contribution >= 4 is 22.8 Å². The summed E-state index contributed by atoms with van der Waals surface area (Å²) in [4.78, 5) is 26.7. The second kappa shape index (κ2) is 8.36. The first-order valence-electron chi connectivity index (χ1n) is 9.22. The van der Waals surface area contributed by atoms with Crippen LogP contribution in [0.2, 0.25) is 0 Å². The minimum Gasteiger partial charge on any atom is -0.451 e. The zero-order valence-corrected chi connectivity index (χ0v) is 15.4. The molecule has 1 atom stereocenters. The normalized spacial score (nSPS) is 17.5. The molecule has 1 fully saturated rings. The van der Waals surface area contributed by atoms with Crippen molar-refractivity contribution in [1.29, 1.82) is 0 Å². The third kappa shape index (κ3) is 3.90. The zero-order valence-electron chi connectivity index (χ0n) is 15.4. The van der Waals surface area contributed by atoms with E-state index in [-0.39, 0.29) is 17.9 Å². The van der Waals surface area contributed by atoms with Crippen LogP contribution in [0.15, 0.2) is 28.7 Å². The van der Waals surface area contributed by atoms with Crippen LogP contribution in [0.4, 0.5) is 0 Å². The predicted octanol–water partition coefficient (Wildman–Crippen LogP) is 3.10. The third-order valence-corrected chi connectivity index (χ3v) is 4.73. The predicted molar refractivity (Wildman–Crippen MR) is 98.9 cm³/mol. The number of nitrogens with zero attached hydrogens (tertiary/aromatic N) is 1. The molecule has 2 aromatic rings. The summed E-state index contributed by atoms with van der Waals surface area (Å²) < 4.78 is 11.1. The van der Waals surface area contributed by atoms with E-state index >= 15 is 0 Å². The van der Waals surface area contributed by atoms with Gasteiger partial charge in [0.2, 0.25) is 5.91 Å². The van der Waals surface area contributed by atoms with Crippen molar-refractivity contribution in [3.63, 3.8) is 0 Å². The van der Waals surface area contributed by atoms with Crippen molar-refractivity contribution in [3.8, 4) is 0 Å². The van der Waals surface area contributed by atoms with Crippen LogP contribution in [0.5, 0.6) is 0 Å². The first kappa shape index (κ1) is 18.5. The lowest BCUT2D eigenvalue weighted by Gasteiger charge is -2.32. The number of carbonyl (C=O) groups is 2. The number of carbonyl (C=O) groups excluding carboxylic acids is 2. The number of ether oxygens (including phenoxy) is 1. The molecule has 2 amide bonds. The molecule has 0 radical (unpaired) electrons. The minimum absolute atomic E-state index is 0.00186. The summed E-state index contributed by atoms with van der Waals surface area (Å²) in [5.74, 6) is 0.256. The Hall–Kier alpha value is -2.34. The summed E-state index contributed by atoms with van der Waals surface area (Å²) in [6.45, 7) is 3.48. The molecule has 1 N–H and O–H groups in total. The fourth-order valence-electron chi connectivity index (χ4n) is 3.51. The van der Waals surface area contributed by atoms with Gasteiger partial charge in [-0.05, 0) is 25.3 Å². The number of piperidine rings is 1. The Kier molecular flexibility index (Phi) is 5.93. The number of likely N-dealkylation sites (tertiary alicyclic amines) is 1. The summed E-state index contributed by atoms with van der Waals surface area (Å²) in [6.07, 6.45) is 3.10. The number of para-hydroxylation sites is 1. The summed E-state index contributed by atoms with van der Waals surface area (Å²) in [7, 11) is 1.61. The van der Waals surface area contributed by atoms with Crippen LogP contribution in [0.3, 0.4) is 0 Å². The number of rotatable bonds is 6. The number of methoxy groups -OCH3 is 1. The third-order valence-electron chi connectivity index (χ3n) is 4.73. The Morgan fingerprint density at radius 1 is 1.35 bits per heavy atom. The van der Waals surface area contributed by atoms with E-state index in [0.717, 1.165) is 30.2 Å². The van der Waals surface area contributed by atoms with Gasteiger partial charge in [0.15, 0.2) is 5.76 Å². The second-order valence-corrected chi connectivity index (χ2v) is 6.75. The summed E-state index contributed by atoms with van der Waals surface area (Å²) >= 11 is 0. The Morgan fingerprint density at radius 2 is 2.15 bits per heavy atom. The maximum absolute atomic E-state index is 13.1. The average Bonchev–Trinajstić information content (AvgIpc) is 3.00. The van der Waals surface area contributed by atoms with E-state index in [1.54, 1.807) is 12.0 Å². The Labute approximate surface area is 153 Å². The zero-order chi connectivity index (χ0) is 18.5. The molecule has 140 valence electrons. The van der Waals surface area contributed by atoms with Crippen LogP contribution in [0, 0.1) is 0 Å². The second-order valence-electron chi connectivity index (χ2n) is 6.75. The van der Waals surface area contributed by atoms with Gasteiger partial charge in [-0.1, -0.05) is 25.1 Å². The van der Waals surface area contributed by atoms with Gasteiger partial charge in [0.1, 0.15) is 5.58 Å². The average molecular weight is 358 g/mol. The molecule has 6 heteroatoms. The van der Waals surface area contributed by atoms with Crippen LogP contribution < -0.4 is 5.32 Å². The van der Waals surface area contributed by atoms with Gasteiger partial charge in [0.25, 0.3) is 5.91 Å². The van der Waals surface area contributed by atoms with Crippen molar-refractivity contribution < 1.29 is 18.7 Å². The first-order chi connectivity index (χ1) is 12.6. The number of nitrogens with one attached hydrogen (secondary N) is 1. The standard InChI is InChI=1S/C20H26N2O4/c1-3-7-18(23)21-14-8-6-11-22(12-14)20(24)19-16(13-25-2)15-9-4-5-10-17(15)26-19/h4-5,9-10,14H,3,6-8,11-13H2,1-2H3,(H,21,23). The van der Waals surface area contributed by atoms with Crippen molar-refractivity contribution in [2.24, 2.45) is 0 Å². The minimum atomic E-state index is -0.136. The molecule has 0 saturated carbocycles. The molecule has 1 aliphatic heterocycles. The van der Waals surface area contributed by atoms with E-state index in [1.165, 1.54) is 0 Å². The topological polar surface area (TPSA) is 71.8 Å². The maximum Gasteiger partial charge on any atom is 0.290 e. The van der Waals surface area contributed by atoms with E-state index in [0.29, 0.717) is 37.5 Å². The van der Waals surface area contributed by atoms with Crippen molar-refractivity contribution in [2.75, 3.05) is 20.2 Å². The van der Waals surface area contributed by atoms with E-state index in [4.69, 9.17) is 9.15 Å². The van der Waals surface area contributed by atoms with Crippen LogP contribution in [-0.2, 0) is 16.1 Å². The Bertz CT molecular complexity index is 783. The highest BCUT2D eigenvalue weighted by atomic mass is 16.5. The lowest BCUT2D eigenvalue weighted by atomic mass is 10.0. The van der Waals surface area contributed by atoms with Gasteiger partial charge < -0.3 is 19.4 Å². The van der Waals surface area contributed by atoms with Gasteiger partial charge >= 0.3 is 0 Å². The van der Waals surface area contributed by atoms with Gasteiger partial charge in [0.05, 0.1) is 6.61 Å². The molecule has 3 rings (SSSR count). The largest absolute Gasteiger partial charge is 0.451 e. The number of benzene rings is 1. The van der Waals surface area contributed by atoms with Crippen molar-refractivity contribution in [1.82, 2.24) is 10.2 Å². The molecule has 1 saturated heterocycles. The van der Waals surface area contributed by atoms with E-state index in [2.05, 4.69) is 5.32 Å². The SMILES string of the molecule is CCCC(=O)NC1CCCN(C(=O)c2oc3ccccc3c2COC)C1. The van der Waals surface area contributed by atoms with E-state index in [1.807, 2.05) is 31.2 Å². The summed E-state index contributed by atoms with van der Waals surface area (Å²) in [5.41, 5.74) is 1.47. The molecule has 0 aliphatic carbocycles. The van der Waals surface area contributed by atoms with Gasteiger partial charge in [-0.15, -0.1) is 0 Å². The van der Waals surface area contributed by atoms with Gasteiger partial charge in [0, 0.05) is 43.6 Å². The lowest BCUT2D eigenvalue weighted by molar-refractivity contribution is -0.122. The monoisotopic (exact) mass is 358 g/mol. The number of hydrogen-bond acceptors (Lipinski definition) is 4. The first-order valence-corrected chi connectivity index (χ1v) is 9.22. The fraction of sp³-hybridized carbons (Fsp3) is 0.500. The highest BCUT2D eigenvalue weighted by molar-refractivity contribution is 5.99. The van der Waals surface area contributed by atoms with Crippen LogP contribution in [-0.4, -0.2) is 43.0 Å². The molecule has 1 aromatic heterocycles. The highest BCUT2D eigenvalue weighted by Gasteiger charge is 2.29. The van der Waals surface area contributed by atoms with Crippen LogP contribution in [0.25, 0.3) is 11.0 Å². The molecule has 1 unspecified atom stereocenters. The van der Waals surface area contributed by atoms with Crippen molar-refractivity contribution in [3.05, 3.63) is 35.6 Å². The lowest BCUT2D eigenvalue weighted by Crippen LogP contribution is -2.49. The molecule has 0 bridgehead atoms. The molecule has 0 spiro atoms. The Balaban J connectivity index is 1.79. The molecule has 1 aliphatic rings. The fourth-order valence-corrected chi connectivity index (χ4v) is 3.51. The van der Waals surface area contributed by atoms with E-state index in [9.17, 15) is 9.59 Å². The van der Waals surface area contributed by atoms with Gasteiger partial charge in [-0.25, -0.2) is 0 Å².